The summed E-state index contributed by atoms with van der Waals surface area (Å²) in [5.41, 5.74) is 1.10. The number of methoxy groups -OCH3 is 1. The molecule has 0 spiro atoms. The summed E-state index contributed by atoms with van der Waals surface area (Å²) in [5, 5.41) is 0. The van der Waals surface area contributed by atoms with Gasteiger partial charge in [0.2, 0.25) is 0 Å². The third-order valence-corrected chi connectivity index (χ3v) is 3.39. The summed E-state index contributed by atoms with van der Waals surface area (Å²) in [5.74, 6) is -0.274. The Morgan fingerprint density at radius 1 is 1.37 bits per heavy atom. The molecule has 2 rings (SSSR count). The Morgan fingerprint density at radius 3 is 2.74 bits per heavy atom. The largest absolute Gasteiger partial charge is 0.467 e. The number of ether oxygens (including phenoxy) is 1. The van der Waals surface area contributed by atoms with Crippen LogP contribution in [0.5, 0.6) is 0 Å². The van der Waals surface area contributed by atoms with Crippen molar-refractivity contribution in [2.75, 3.05) is 13.7 Å². The van der Waals surface area contributed by atoms with Crippen LogP contribution in [0.1, 0.15) is 31.4 Å². The number of hydrogen-bond donors (Lipinski definition) is 0. The molecular weight excluding hydrogens is 240 g/mol. The van der Waals surface area contributed by atoms with Gasteiger partial charge in [0, 0.05) is 6.54 Å². The van der Waals surface area contributed by atoms with Crippen LogP contribution < -0.4 is 0 Å². The fourth-order valence-corrected chi connectivity index (χ4v) is 2.36. The smallest absolute Gasteiger partial charge is 0.333 e. The first-order valence-corrected chi connectivity index (χ1v) is 6.69. The highest BCUT2D eigenvalue weighted by atomic mass is 16.5. The summed E-state index contributed by atoms with van der Waals surface area (Å²) >= 11 is 0. The molecule has 0 saturated carbocycles. The fourth-order valence-electron chi connectivity index (χ4n) is 2.36. The number of hydrogen-bond acceptors (Lipinski definition) is 4. The first kappa shape index (κ1) is 13.6. The minimum atomic E-state index is -0.454. The van der Waals surface area contributed by atoms with Gasteiger partial charge in [-0.15, -0.1) is 0 Å². The molecule has 0 aromatic heterocycles. The second-order valence-electron chi connectivity index (χ2n) is 4.68. The van der Waals surface area contributed by atoms with Crippen molar-refractivity contribution in [2.24, 2.45) is 4.99 Å². The molecule has 19 heavy (non-hydrogen) atoms. The molecule has 2 unspecified atom stereocenters. The summed E-state index contributed by atoms with van der Waals surface area (Å²) < 4.78 is 4.86. The van der Waals surface area contributed by atoms with E-state index < -0.39 is 6.04 Å². The van der Waals surface area contributed by atoms with E-state index in [9.17, 15) is 4.79 Å². The number of rotatable bonds is 5. The van der Waals surface area contributed by atoms with Gasteiger partial charge in [-0.05, 0) is 12.0 Å². The van der Waals surface area contributed by atoms with Crippen molar-refractivity contribution >= 4 is 12.3 Å². The molecule has 0 aliphatic carbocycles. The molecule has 0 N–H and O–H groups in total. The molecule has 1 aliphatic rings. The Bertz CT molecular complexity index is 445. The highest BCUT2D eigenvalue weighted by Gasteiger charge is 2.37. The maximum Gasteiger partial charge on any atom is 0.333 e. The maximum absolute atomic E-state index is 11.9. The lowest BCUT2D eigenvalue weighted by Gasteiger charge is -2.27. The molecule has 0 radical (unpaired) electrons. The number of carbonyl (C=O) groups excluding carboxylic acids is 1. The maximum atomic E-state index is 11.9. The van der Waals surface area contributed by atoms with Crippen molar-refractivity contribution in [3.63, 3.8) is 0 Å². The monoisotopic (exact) mass is 260 g/mol. The Morgan fingerprint density at radius 2 is 2.11 bits per heavy atom. The van der Waals surface area contributed by atoms with Gasteiger partial charge in [0.15, 0.2) is 6.04 Å². The molecule has 1 heterocycles. The van der Waals surface area contributed by atoms with Crippen molar-refractivity contribution in [3.8, 4) is 0 Å². The third kappa shape index (κ3) is 2.95. The van der Waals surface area contributed by atoms with Crippen LogP contribution in [-0.4, -0.2) is 36.9 Å². The van der Waals surface area contributed by atoms with Gasteiger partial charge in [-0.3, -0.25) is 4.99 Å². The molecule has 0 saturated heterocycles. The Kier molecular flexibility index (Phi) is 4.55. The minimum absolute atomic E-state index is 0.0415. The van der Waals surface area contributed by atoms with E-state index >= 15 is 0 Å². The Hall–Kier alpha value is -1.84. The number of aliphatic imine (C=N–C) groups is 1. The van der Waals surface area contributed by atoms with E-state index in [2.05, 4.69) is 16.8 Å². The van der Waals surface area contributed by atoms with Crippen LogP contribution in [-0.2, 0) is 9.53 Å². The van der Waals surface area contributed by atoms with Crippen molar-refractivity contribution in [1.82, 2.24) is 4.90 Å². The van der Waals surface area contributed by atoms with Crippen LogP contribution in [0, 0.1) is 0 Å². The molecule has 1 aliphatic heterocycles. The topological polar surface area (TPSA) is 41.9 Å². The van der Waals surface area contributed by atoms with Crippen molar-refractivity contribution in [1.29, 1.82) is 0 Å². The molecule has 1 aromatic rings. The summed E-state index contributed by atoms with van der Waals surface area (Å²) in [6, 6.07) is 9.52. The normalized spacial score (nSPS) is 21.7. The second kappa shape index (κ2) is 6.36. The van der Waals surface area contributed by atoms with Crippen LogP contribution in [0.4, 0.5) is 0 Å². The Labute approximate surface area is 114 Å². The molecular formula is C15H20N2O2. The zero-order valence-corrected chi connectivity index (χ0v) is 11.5. The summed E-state index contributed by atoms with van der Waals surface area (Å²) in [7, 11) is 1.41. The van der Waals surface area contributed by atoms with Crippen LogP contribution >= 0.6 is 0 Å². The molecule has 4 heteroatoms. The molecule has 2 atom stereocenters. The summed E-state index contributed by atoms with van der Waals surface area (Å²) in [6.45, 7) is 3.07. The van der Waals surface area contributed by atoms with Gasteiger partial charge in [0.05, 0.1) is 19.5 Å². The van der Waals surface area contributed by atoms with E-state index in [-0.39, 0.29) is 12.0 Å². The van der Waals surface area contributed by atoms with Gasteiger partial charge >= 0.3 is 5.97 Å². The molecule has 1 aromatic carbocycles. The first-order valence-electron chi connectivity index (χ1n) is 6.69. The van der Waals surface area contributed by atoms with Gasteiger partial charge in [-0.1, -0.05) is 43.7 Å². The average molecular weight is 260 g/mol. The highest BCUT2D eigenvalue weighted by molar-refractivity contribution is 5.81. The SMILES string of the molecule is CCCCN1C=NC(C(=O)OC)C1c1ccccc1. The van der Waals surface area contributed by atoms with E-state index in [4.69, 9.17) is 4.74 Å². The number of carbonyl (C=O) groups is 1. The molecule has 102 valence electrons. The summed E-state index contributed by atoms with van der Waals surface area (Å²) in [6.07, 6.45) is 3.99. The van der Waals surface area contributed by atoms with Gasteiger partial charge < -0.3 is 9.64 Å². The van der Waals surface area contributed by atoms with E-state index in [1.54, 1.807) is 6.34 Å². The summed E-state index contributed by atoms with van der Waals surface area (Å²) in [4.78, 5) is 18.3. The number of nitrogens with zero attached hydrogens (tertiary/aromatic N) is 2. The van der Waals surface area contributed by atoms with Crippen LogP contribution in [0.3, 0.4) is 0 Å². The van der Waals surface area contributed by atoms with E-state index in [0.717, 1.165) is 24.9 Å². The second-order valence-corrected chi connectivity index (χ2v) is 4.68. The van der Waals surface area contributed by atoms with Crippen LogP contribution in [0.2, 0.25) is 0 Å². The van der Waals surface area contributed by atoms with Gasteiger partial charge in [-0.25, -0.2) is 4.79 Å². The van der Waals surface area contributed by atoms with Gasteiger partial charge in [0.1, 0.15) is 0 Å². The standard InChI is InChI=1S/C15H20N2O2/c1-3-4-10-17-11-16-13(15(18)19-2)14(17)12-8-6-5-7-9-12/h5-9,11,13-14H,3-4,10H2,1-2H3. The van der Waals surface area contributed by atoms with Crippen LogP contribution in [0.25, 0.3) is 0 Å². The highest BCUT2D eigenvalue weighted by Crippen LogP contribution is 2.30. The van der Waals surface area contributed by atoms with E-state index in [1.807, 2.05) is 30.3 Å². The quantitative estimate of drug-likeness (QED) is 0.763. The van der Waals surface area contributed by atoms with E-state index in [1.165, 1.54) is 7.11 Å². The van der Waals surface area contributed by atoms with Crippen molar-refractivity contribution in [3.05, 3.63) is 35.9 Å². The number of esters is 1. The van der Waals surface area contributed by atoms with Crippen molar-refractivity contribution < 1.29 is 9.53 Å². The predicted molar refractivity (Wildman–Crippen MR) is 75.1 cm³/mol. The molecule has 0 amide bonds. The predicted octanol–water partition coefficient (Wildman–Crippen LogP) is 2.41. The third-order valence-electron chi connectivity index (χ3n) is 3.39. The van der Waals surface area contributed by atoms with Crippen molar-refractivity contribution in [2.45, 2.75) is 31.8 Å². The first-order chi connectivity index (χ1) is 9.27. The molecule has 4 nitrogen and oxygen atoms in total. The lowest BCUT2D eigenvalue weighted by atomic mass is 9.99. The fraction of sp³-hybridized carbons (Fsp3) is 0.467. The zero-order valence-electron chi connectivity index (χ0n) is 11.5. The number of unbranched alkanes of at least 4 members (excludes halogenated alkanes) is 1. The van der Waals surface area contributed by atoms with Gasteiger partial charge in [0.25, 0.3) is 0 Å². The molecule has 0 fully saturated rings. The lowest BCUT2D eigenvalue weighted by molar-refractivity contribution is -0.143. The molecule has 0 bridgehead atoms. The lowest BCUT2D eigenvalue weighted by Crippen LogP contribution is -2.34. The van der Waals surface area contributed by atoms with Crippen LogP contribution in [0.15, 0.2) is 35.3 Å². The average Bonchev–Trinajstić information content (AvgIpc) is 2.89. The number of benzene rings is 1. The van der Waals surface area contributed by atoms with E-state index in [0.29, 0.717) is 0 Å². The zero-order chi connectivity index (χ0) is 13.7. The van der Waals surface area contributed by atoms with Gasteiger partial charge in [-0.2, -0.15) is 0 Å². The minimum Gasteiger partial charge on any atom is -0.467 e. The Balaban J connectivity index is 2.22.